The Morgan fingerprint density at radius 1 is 1.04 bits per heavy atom. The molecular weight excluding hydrogens is 350 g/mol. The predicted octanol–water partition coefficient (Wildman–Crippen LogP) is 3.50. The van der Waals surface area contributed by atoms with Crippen molar-refractivity contribution in [1.29, 1.82) is 0 Å². The number of halogens is 1. The van der Waals surface area contributed by atoms with E-state index in [1.54, 1.807) is 19.2 Å². The minimum atomic E-state index is -0.177. The molecule has 2 aromatic carbocycles. The van der Waals surface area contributed by atoms with Crippen molar-refractivity contribution in [2.75, 3.05) is 43.5 Å². The lowest BCUT2D eigenvalue weighted by Gasteiger charge is -2.38. The van der Waals surface area contributed by atoms with Crippen LogP contribution in [0.3, 0.4) is 0 Å². The van der Waals surface area contributed by atoms with Gasteiger partial charge in [-0.3, -0.25) is 9.69 Å². The van der Waals surface area contributed by atoms with Crippen LogP contribution < -0.4 is 15.0 Å². The van der Waals surface area contributed by atoms with Crippen molar-refractivity contribution >= 4 is 28.9 Å². The van der Waals surface area contributed by atoms with Crippen LogP contribution in [0.15, 0.2) is 48.5 Å². The molecule has 1 fully saturated rings. The third-order valence-corrected chi connectivity index (χ3v) is 5.04. The standard InChI is InChI=1S/C20H24ClN3O2/c1-15(20(25)22-17-5-3-16(21)4-6-17)23-11-13-24(14-12-23)18-7-9-19(26-2)10-8-18/h3-10,15H,11-14H2,1-2H3,(H,22,25)/t15-/m1/s1. The van der Waals surface area contributed by atoms with E-state index in [0.29, 0.717) is 5.02 Å². The van der Waals surface area contributed by atoms with Crippen molar-refractivity contribution in [1.82, 2.24) is 4.90 Å². The van der Waals surface area contributed by atoms with E-state index in [1.807, 2.05) is 31.2 Å². The lowest BCUT2D eigenvalue weighted by molar-refractivity contribution is -0.120. The fourth-order valence-electron chi connectivity index (χ4n) is 3.11. The van der Waals surface area contributed by atoms with Crippen molar-refractivity contribution in [2.24, 2.45) is 0 Å². The molecule has 6 heteroatoms. The molecule has 0 unspecified atom stereocenters. The Bertz CT molecular complexity index is 726. The van der Waals surface area contributed by atoms with Crippen molar-refractivity contribution in [3.05, 3.63) is 53.6 Å². The first-order valence-electron chi connectivity index (χ1n) is 8.76. The summed E-state index contributed by atoms with van der Waals surface area (Å²) in [6, 6.07) is 15.1. The minimum absolute atomic E-state index is 0.00483. The number of carbonyl (C=O) groups is 1. The maximum Gasteiger partial charge on any atom is 0.241 e. The van der Waals surface area contributed by atoms with E-state index in [2.05, 4.69) is 27.2 Å². The average Bonchev–Trinajstić information content (AvgIpc) is 2.69. The van der Waals surface area contributed by atoms with Crippen LogP contribution in [-0.4, -0.2) is 50.1 Å². The predicted molar refractivity (Wildman–Crippen MR) is 106 cm³/mol. The van der Waals surface area contributed by atoms with Crippen LogP contribution in [0.1, 0.15) is 6.92 Å². The van der Waals surface area contributed by atoms with Crippen LogP contribution in [0, 0.1) is 0 Å². The van der Waals surface area contributed by atoms with Crippen molar-refractivity contribution in [2.45, 2.75) is 13.0 Å². The smallest absolute Gasteiger partial charge is 0.241 e. The molecule has 1 N–H and O–H groups in total. The van der Waals surface area contributed by atoms with E-state index in [1.165, 1.54) is 5.69 Å². The quantitative estimate of drug-likeness (QED) is 0.871. The molecule has 1 atom stereocenters. The summed E-state index contributed by atoms with van der Waals surface area (Å²) in [5.74, 6) is 0.866. The van der Waals surface area contributed by atoms with Crippen LogP contribution in [0.5, 0.6) is 5.75 Å². The number of nitrogens with zero attached hydrogens (tertiary/aromatic N) is 2. The van der Waals surface area contributed by atoms with Gasteiger partial charge in [0, 0.05) is 42.6 Å². The molecule has 0 radical (unpaired) electrons. The molecule has 26 heavy (non-hydrogen) atoms. The summed E-state index contributed by atoms with van der Waals surface area (Å²) in [4.78, 5) is 17.1. The lowest BCUT2D eigenvalue weighted by atomic mass is 10.2. The lowest BCUT2D eigenvalue weighted by Crippen LogP contribution is -2.52. The second-order valence-corrected chi connectivity index (χ2v) is 6.83. The van der Waals surface area contributed by atoms with Crippen LogP contribution in [0.2, 0.25) is 5.02 Å². The largest absolute Gasteiger partial charge is 0.497 e. The van der Waals surface area contributed by atoms with E-state index < -0.39 is 0 Å². The average molecular weight is 374 g/mol. The minimum Gasteiger partial charge on any atom is -0.497 e. The van der Waals surface area contributed by atoms with Crippen LogP contribution >= 0.6 is 11.6 Å². The first-order valence-corrected chi connectivity index (χ1v) is 9.14. The van der Waals surface area contributed by atoms with Gasteiger partial charge in [-0.15, -0.1) is 0 Å². The summed E-state index contributed by atoms with van der Waals surface area (Å²) in [5, 5.41) is 3.61. The molecule has 1 aliphatic heterocycles. The number of rotatable bonds is 5. The number of piperazine rings is 1. The Morgan fingerprint density at radius 3 is 2.23 bits per heavy atom. The van der Waals surface area contributed by atoms with E-state index in [4.69, 9.17) is 16.3 Å². The van der Waals surface area contributed by atoms with E-state index >= 15 is 0 Å². The summed E-state index contributed by atoms with van der Waals surface area (Å²) < 4.78 is 5.21. The molecule has 0 spiro atoms. The Balaban J connectivity index is 1.53. The first kappa shape index (κ1) is 18.5. The SMILES string of the molecule is COc1ccc(N2CCN([C@H](C)C(=O)Nc3ccc(Cl)cc3)CC2)cc1. The zero-order valence-electron chi connectivity index (χ0n) is 15.1. The van der Waals surface area contributed by atoms with Gasteiger partial charge in [-0.2, -0.15) is 0 Å². The van der Waals surface area contributed by atoms with Gasteiger partial charge in [0.1, 0.15) is 5.75 Å². The third-order valence-electron chi connectivity index (χ3n) is 4.79. The van der Waals surface area contributed by atoms with Crippen molar-refractivity contribution in [3.63, 3.8) is 0 Å². The number of amides is 1. The second kappa shape index (κ2) is 8.43. The number of benzene rings is 2. The summed E-state index contributed by atoms with van der Waals surface area (Å²) in [6.45, 7) is 5.44. The number of nitrogens with one attached hydrogen (secondary N) is 1. The van der Waals surface area contributed by atoms with Gasteiger partial charge in [0.25, 0.3) is 0 Å². The molecule has 1 amide bonds. The number of carbonyl (C=O) groups excluding carboxylic acids is 1. The third kappa shape index (κ3) is 4.48. The van der Waals surface area contributed by atoms with Gasteiger partial charge in [0.15, 0.2) is 0 Å². The van der Waals surface area contributed by atoms with Crippen LogP contribution in [0.4, 0.5) is 11.4 Å². The molecule has 1 aliphatic rings. The fourth-order valence-corrected chi connectivity index (χ4v) is 3.23. The monoisotopic (exact) mass is 373 g/mol. The molecule has 2 aromatic rings. The second-order valence-electron chi connectivity index (χ2n) is 6.39. The molecule has 0 aliphatic carbocycles. The molecule has 0 saturated carbocycles. The molecule has 138 valence electrons. The van der Waals surface area contributed by atoms with Crippen LogP contribution in [0.25, 0.3) is 0 Å². The first-order chi connectivity index (χ1) is 12.6. The van der Waals surface area contributed by atoms with Gasteiger partial charge in [-0.05, 0) is 55.5 Å². The number of anilines is 2. The number of ether oxygens (including phenoxy) is 1. The van der Waals surface area contributed by atoms with E-state index in [9.17, 15) is 4.79 Å². The van der Waals surface area contributed by atoms with Crippen molar-refractivity contribution < 1.29 is 9.53 Å². The summed E-state index contributed by atoms with van der Waals surface area (Å²) in [7, 11) is 1.67. The molecular formula is C20H24ClN3O2. The van der Waals surface area contributed by atoms with Gasteiger partial charge in [-0.25, -0.2) is 0 Å². The maximum absolute atomic E-state index is 12.5. The molecule has 1 saturated heterocycles. The Hall–Kier alpha value is -2.24. The zero-order valence-corrected chi connectivity index (χ0v) is 15.9. The Kier molecular flexibility index (Phi) is 6.01. The molecule has 0 bridgehead atoms. The molecule has 3 rings (SSSR count). The van der Waals surface area contributed by atoms with Gasteiger partial charge >= 0.3 is 0 Å². The summed E-state index contributed by atoms with van der Waals surface area (Å²) in [5.41, 5.74) is 1.95. The summed E-state index contributed by atoms with van der Waals surface area (Å²) >= 11 is 5.88. The molecule has 1 heterocycles. The van der Waals surface area contributed by atoms with Crippen molar-refractivity contribution in [3.8, 4) is 5.75 Å². The number of hydrogen-bond acceptors (Lipinski definition) is 4. The topological polar surface area (TPSA) is 44.8 Å². The zero-order chi connectivity index (χ0) is 18.5. The molecule has 5 nitrogen and oxygen atoms in total. The van der Waals surface area contributed by atoms with Crippen LogP contribution in [-0.2, 0) is 4.79 Å². The normalized spacial score (nSPS) is 16.2. The van der Waals surface area contributed by atoms with Gasteiger partial charge in [-0.1, -0.05) is 11.6 Å². The fraction of sp³-hybridized carbons (Fsp3) is 0.350. The van der Waals surface area contributed by atoms with Gasteiger partial charge in [0.2, 0.25) is 5.91 Å². The van der Waals surface area contributed by atoms with E-state index in [-0.39, 0.29) is 11.9 Å². The van der Waals surface area contributed by atoms with Gasteiger partial charge < -0.3 is 15.0 Å². The van der Waals surface area contributed by atoms with Gasteiger partial charge in [0.05, 0.1) is 13.2 Å². The highest BCUT2D eigenvalue weighted by Gasteiger charge is 2.25. The Morgan fingerprint density at radius 2 is 1.65 bits per heavy atom. The highest BCUT2D eigenvalue weighted by atomic mass is 35.5. The highest BCUT2D eigenvalue weighted by Crippen LogP contribution is 2.21. The Labute approximate surface area is 159 Å². The number of methoxy groups -OCH3 is 1. The number of hydrogen-bond donors (Lipinski definition) is 1. The molecule has 0 aromatic heterocycles. The summed E-state index contributed by atoms with van der Waals surface area (Å²) in [6.07, 6.45) is 0. The maximum atomic E-state index is 12.5. The highest BCUT2D eigenvalue weighted by molar-refractivity contribution is 6.30. The van der Waals surface area contributed by atoms with E-state index in [0.717, 1.165) is 37.6 Å².